The van der Waals surface area contributed by atoms with E-state index in [4.69, 9.17) is 5.73 Å². The Morgan fingerprint density at radius 2 is 1.93 bits per heavy atom. The summed E-state index contributed by atoms with van der Waals surface area (Å²) in [5.74, 6) is 0.201. The molecule has 0 radical (unpaired) electrons. The predicted octanol–water partition coefficient (Wildman–Crippen LogP) is 0.817. The average molecular weight is 257 g/mol. The van der Waals surface area contributed by atoms with E-state index in [2.05, 4.69) is 0 Å². The third kappa shape index (κ3) is 4.68. The first-order valence-electron chi connectivity index (χ1n) is 4.94. The Balaban J connectivity index is 0.00000196. The van der Waals surface area contributed by atoms with E-state index >= 15 is 0 Å². The molecule has 0 amide bonds. The zero-order valence-electron chi connectivity index (χ0n) is 9.56. The Morgan fingerprint density at radius 3 is 2.27 bits per heavy atom. The van der Waals surface area contributed by atoms with Crippen LogP contribution in [0.4, 0.5) is 0 Å². The van der Waals surface area contributed by atoms with Crippen LogP contribution in [-0.4, -0.2) is 37.6 Å². The van der Waals surface area contributed by atoms with Gasteiger partial charge in [0.15, 0.2) is 0 Å². The van der Waals surface area contributed by atoms with Gasteiger partial charge in [0.05, 0.1) is 5.75 Å². The molecule has 0 aliphatic carbocycles. The van der Waals surface area contributed by atoms with Crippen molar-refractivity contribution < 1.29 is 8.42 Å². The average Bonchev–Trinajstić information content (AvgIpc) is 2.29. The van der Waals surface area contributed by atoms with Crippen LogP contribution in [0.5, 0.6) is 0 Å². The monoisotopic (exact) mass is 256 g/mol. The largest absolute Gasteiger partial charge is 0.326 e. The lowest BCUT2D eigenvalue weighted by molar-refractivity contribution is 0.422. The number of nitrogens with zero attached hydrogens (tertiary/aromatic N) is 1. The molecular weight excluding hydrogens is 236 g/mol. The van der Waals surface area contributed by atoms with Gasteiger partial charge in [-0.3, -0.25) is 0 Å². The molecule has 2 N–H and O–H groups in total. The van der Waals surface area contributed by atoms with Crippen molar-refractivity contribution in [3.05, 3.63) is 0 Å². The molecule has 0 aromatic carbocycles. The molecule has 0 saturated carbocycles. The summed E-state index contributed by atoms with van der Waals surface area (Å²) in [6, 6.07) is 0.0183. The molecule has 1 aliphatic rings. The lowest BCUT2D eigenvalue weighted by Gasteiger charge is -2.23. The van der Waals surface area contributed by atoms with Gasteiger partial charge in [0.2, 0.25) is 10.0 Å². The van der Waals surface area contributed by atoms with Crippen LogP contribution in [-0.2, 0) is 10.0 Å². The van der Waals surface area contributed by atoms with Gasteiger partial charge in [0.25, 0.3) is 0 Å². The molecule has 0 aromatic heterocycles. The topological polar surface area (TPSA) is 63.4 Å². The summed E-state index contributed by atoms with van der Waals surface area (Å²) >= 11 is 0. The van der Waals surface area contributed by atoms with Crippen molar-refractivity contribution >= 4 is 22.4 Å². The number of hydrogen-bond acceptors (Lipinski definition) is 3. The summed E-state index contributed by atoms with van der Waals surface area (Å²) in [4.78, 5) is 0. The summed E-state index contributed by atoms with van der Waals surface area (Å²) in [5, 5.41) is 0. The van der Waals surface area contributed by atoms with Gasteiger partial charge in [0.1, 0.15) is 0 Å². The van der Waals surface area contributed by atoms with E-state index in [0.717, 1.165) is 6.42 Å². The first-order chi connectivity index (χ1) is 6.21. The molecule has 15 heavy (non-hydrogen) atoms. The molecule has 92 valence electrons. The Hall–Kier alpha value is 0.160. The molecule has 1 atom stereocenters. The van der Waals surface area contributed by atoms with E-state index in [1.54, 1.807) is 0 Å². The summed E-state index contributed by atoms with van der Waals surface area (Å²) in [6.45, 7) is 6.86. The van der Waals surface area contributed by atoms with Gasteiger partial charge < -0.3 is 5.73 Å². The van der Waals surface area contributed by atoms with Crippen molar-refractivity contribution in [1.82, 2.24) is 4.31 Å². The Bertz CT molecular complexity index is 298. The number of rotatable bonds is 2. The van der Waals surface area contributed by atoms with Crippen LogP contribution >= 0.6 is 12.4 Å². The second-order valence-corrected chi connectivity index (χ2v) is 7.19. The van der Waals surface area contributed by atoms with Crippen LogP contribution in [0, 0.1) is 5.41 Å². The summed E-state index contributed by atoms with van der Waals surface area (Å²) in [6.07, 6.45) is 0.781. The van der Waals surface area contributed by atoms with Crippen LogP contribution in [0.25, 0.3) is 0 Å². The quantitative estimate of drug-likeness (QED) is 0.796. The highest BCUT2D eigenvalue weighted by Crippen LogP contribution is 2.21. The lowest BCUT2D eigenvalue weighted by atomic mass is 10.0. The zero-order valence-corrected chi connectivity index (χ0v) is 11.2. The SMILES string of the molecule is CC(C)(C)CS(=O)(=O)N1CC[C@H](N)C1.Cl. The van der Waals surface area contributed by atoms with Crippen LogP contribution < -0.4 is 5.73 Å². The summed E-state index contributed by atoms with van der Waals surface area (Å²) < 4.78 is 25.2. The molecule has 1 rings (SSSR count). The maximum absolute atomic E-state index is 11.9. The van der Waals surface area contributed by atoms with Crippen molar-refractivity contribution in [3.8, 4) is 0 Å². The third-order valence-electron chi connectivity index (χ3n) is 2.20. The van der Waals surface area contributed by atoms with Crippen molar-refractivity contribution in [2.24, 2.45) is 11.1 Å². The molecule has 1 aliphatic heterocycles. The highest BCUT2D eigenvalue weighted by molar-refractivity contribution is 7.89. The number of hydrogen-bond donors (Lipinski definition) is 1. The fourth-order valence-corrected chi connectivity index (χ4v) is 3.72. The van der Waals surface area contributed by atoms with E-state index in [0.29, 0.717) is 13.1 Å². The maximum Gasteiger partial charge on any atom is 0.214 e. The predicted molar refractivity (Wildman–Crippen MR) is 64.7 cm³/mol. The third-order valence-corrected chi connectivity index (χ3v) is 4.55. The van der Waals surface area contributed by atoms with Crippen molar-refractivity contribution in [2.75, 3.05) is 18.8 Å². The molecule has 1 heterocycles. The second kappa shape index (κ2) is 4.99. The van der Waals surface area contributed by atoms with Gasteiger partial charge in [-0.2, -0.15) is 0 Å². The van der Waals surface area contributed by atoms with Crippen molar-refractivity contribution in [3.63, 3.8) is 0 Å². The van der Waals surface area contributed by atoms with Gasteiger partial charge in [-0.1, -0.05) is 20.8 Å². The zero-order chi connectivity index (χ0) is 11.0. The Kier molecular flexibility index (Phi) is 5.05. The Labute approximate surface area is 98.7 Å². The fraction of sp³-hybridized carbons (Fsp3) is 1.00. The van der Waals surface area contributed by atoms with Crippen LogP contribution in [0.3, 0.4) is 0 Å². The fourth-order valence-electron chi connectivity index (χ4n) is 1.65. The first-order valence-corrected chi connectivity index (χ1v) is 6.55. The van der Waals surface area contributed by atoms with Gasteiger partial charge in [-0.15, -0.1) is 12.4 Å². The van der Waals surface area contributed by atoms with Gasteiger partial charge in [-0.05, 0) is 11.8 Å². The van der Waals surface area contributed by atoms with Gasteiger partial charge in [-0.25, -0.2) is 12.7 Å². The normalized spacial score (nSPS) is 23.9. The minimum absolute atomic E-state index is 0. The molecule has 0 spiro atoms. The number of halogens is 1. The van der Waals surface area contributed by atoms with Gasteiger partial charge >= 0.3 is 0 Å². The summed E-state index contributed by atoms with van der Waals surface area (Å²) in [5.41, 5.74) is 5.49. The van der Waals surface area contributed by atoms with Crippen LogP contribution in [0.15, 0.2) is 0 Å². The van der Waals surface area contributed by atoms with E-state index in [1.807, 2.05) is 20.8 Å². The van der Waals surface area contributed by atoms with E-state index < -0.39 is 10.0 Å². The smallest absolute Gasteiger partial charge is 0.214 e. The molecule has 4 nitrogen and oxygen atoms in total. The minimum Gasteiger partial charge on any atom is -0.326 e. The highest BCUT2D eigenvalue weighted by Gasteiger charge is 2.32. The van der Waals surface area contributed by atoms with Crippen LogP contribution in [0.2, 0.25) is 0 Å². The molecular formula is C9H21ClN2O2S. The van der Waals surface area contributed by atoms with E-state index in [9.17, 15) is 8.42 Å². The number of sulfonamides is 1. The van der Waals surface area contributed by atoms with Crippen molar-refractivity contribution in [1.29, 1.82) is 0 Å². The van der Waals surface area contributed by atoms with Gasteiger partial charge in [0, 0.05) is 19.1 Å². The molecule has 6 heteroatoms. The standard InChI is InChI=1S/C9H20N2O2S.ClH/c1-9(2,3)7-14(12,13)11-5-4-8(10)6-11;/h8H,4-7,10H2,1-3H3;1H/t8-;/m0./s1. The first kappa shape index (κ1) is 15.2. The summed E-state index contributed by atoms with van der Waals surface area (Å²) in [7, 11) is -3.10. The van der Waals surface area contributed by atoms with E-state index in [-0.39, 0.29) is 29.6 Å². The minimum atomic E-state index is -3.10. The number of nitrogens with two attached hydrogens (primary N) is 1. The molecule has 1 saturated heterocycles. The van der Waals surface area contributed by atoms with Crippen LogP contribution in [0.1, 0.15) is 27.2 Å². The molecule has 0 bridgehead atoms. The Morgan fingerprint density at radius 1 is 1.40 bits per heavy atom. The van der Waals surface area contributed by atoms with Crippen molar-refractivity contribution in [2.45, 2.75) is 33.2 Å². The molecule has 0 aromatic rings. The van der Waals surface area contributed by atoms with E-state index in [1.165, 1.54) is 4.31 Å². The molecule has 1 fully saturated rings. The molecule has 0 unspecified atom stereocenters. The second-order valence-electron chi connectivity index (χ2n) is 5.22. The maximum atomic E-state index is 11.9. The highest BCUT2D eigenvalue weighted by atomic mass is 35.5. The lowest BCUT2D eigenvalue weighted by Crippen LogP contribution is -2.37.